The molecule has 152 valence electrons. The summed E-state index contributed by atoms with van der Waals surface area (Å²) in [5.41, 5.74) is 1.53. The van der Waals surface area contributed by atoms with Crippen LogP contribution < -0.4 is 20.1 Å². The predicted octanol–water partition coefficient (Wildman–Crippen LogP) is 3.67. The smallest absolute Gasteiger partial charge is 0.353 e. The summed E-state index contributed by atoms with van der Waals surface area (Å²) in [6.45, 7) is 1.90. The molecule has 4 rings (SSSR count). The first-order chi connectivity index (χ1) is 14.5. The first-order valence-electron chi connectivity index (χ1n) is 9.01. The molecule has 10 heteroatoms. The minimum Gasteiger partial charge on any atom is -0.454 e. The monoisotopic (exact) mass is 407 g/mol. The second-order valence-corrected chi connectivity index (χ2v) is 6.48. The van der Waals surface area contributed by atoms with E-state index in [0.717, 1.165) is 5.56 Å². The van der Waals surface area contributed by atoms with Crippen molar-refractivity contribution in [2.24, 2.45) is 0 Å². The van der Waals surface area contributed by atoms with Crippen molar-refractivity contribution < 1.29 is 19.2 Å². The molecule has 1 aliphatic heterocycles. The molecule has 3 aromatic rings. The summed E-state index contributed by atoms with van der Waals surface area (Å²) >= 11 is 0. The van der Waals surface area contributed by atoms with Gasteiger partial charge in [0.2, 0.25) is 18.4 Å². The lowest BCUT2D eigenvalue weighted by atomic mass is 10.1. The quantitative estimate of drug-likeness (QED) is 0.342. The molecule has 0 atom stereocenters. The van der Waals surface area contributed by atoms with Crippen LogP contribution in [-0.2, 0) is 6.54 Å². The fraction of sp³-hybridized carbons (Fsp3) is 0.150. The number of carbonyl (C=O) groups excluding carboxylic acids is 1. The van der Waals surface area contributed by atoms with Gasteiger partial charge in [-0.3, -0.25) is 14.9 Å². The van der Waals surface area contributed by atoms with Crippen LogP contribution >= 0.6 is 0 Å². The molecule has 0 saturated heterocycles. The van der Waals surface area contributed by atoms with Gasteiger partial charge in [0.15, 0.2) is 17.3 Å². The van der Waals surface area contributed by atoms with E-state index in [0.29, 0.717) is 22.7 Å². The molecule has 0 bridgehead atoms. The zero-order chi connectivity index (χ0) is 21.1. The molecule has 0 aliphatic carbocycles. The normalized spacial score (nSPS) is 11.8. The summed E-state index contributed by atoms with van der Waals surface area (Å²) in [5, 5.41) is 17.6. The Balaban J connectivity index is 1.57. The summed E-state index contributed by atoms with van der Waals surface area (Å²) in [7, 11) is 0. The van der Waals surface area contributed by atoms with Gasteiger partial charge in [-0.1, -0.05) is 18.2 Å². The molecule has 2 aromatic carbocycles. The van der Waals surface area contributed by atoms with Crippen LogP contribution in [0.4, 0.5) is 23.0 Å². The number of ether oxygens (including phenoxy) is 2. The van der Waals surface area contributed by atoms with Gasteiger partial charge in [-0.25, -0.2) is 9.97 Å². The van der Waals surface area contributed by atoms with Crippen molar-refractivity contribution in [3.05, 3.63) is 70.0 Å². The highest BCUT2D eigenvalue weighted by molar-refractivity contribution is 5.95. The van der Waals surface area contributed by atoms with Crippen molar-refractivity contribution in [1.29, 1.82) is 0 Å². The lowest BCUT2D eigenvalue weighted by Crippen LogP contribution is -2.08. The number of carbonyl (C=O) groups is 1. The van der Waals surface area contributed by atoms with Gasteiger partial charge in [0.05, 0.1) is 4.92 Å². The number of anilines is 3. The van der Waals surface area contributed by atoms with Gasteiger partial charge < -0.3 is 20.1 Å². The van der Waals surface area contributed by atoms with Crippen molar-refractivity contribution in [3.63, 3.8) is 0 Å². The van der Waals surface area contributed by atoms with E-state index in [-0.39, 0.29) is 36.4 Å². The fourth-order valence-electron chi connectivity index (χ4n) is 2.96. The Kier molecular flexibility index (Phi) is 5.12. The van der Waals surface area contributed by atoms with E-state index in [9.17, 15) is 14.9 Å². The molecular weight excluding hydrogens is 390 g/mol. The number of hydrogen-bond donors (Lipinski definition) is 2. The Morgan fingerprint density at radius 1 is 1.13 bits per heavy atom. The maximum Gasteiger partial charge on any atom is 0.353 e. The van der Waals surface area contributed by atoms with Crippen LogP contribution in [0.1, 0.15) is 22.8 Å². The van der Waals surface area contributed by atoms with Gasteiger partial charge in [0.25, 0.3) is 0 Å². The highest BCUT2D eigenvalue weighted by atomic mass is 16.7. The summed E-state index contributed by atoms with van der Waals surface area (Å²) in [6, 6.07) is 12.1. The van der Waals surface area contributed by atoms with Crippen LogP contribution in [0.2, 0.25) is 0 Å². The summed E-state index contributed by atoms with van der Waals surface area (Å²) in [4.78, 5) is 30.8. The molecule has 0 unspecified atom stereocenters. The number of hydrogen-bond acceptors (Lipinski definition) is 9. The van der Waals surface area contributed by atoms with Gasteiger partial charge in [-0.2, -0.15) is 0 Å². The second-order valence-electron chi connectivity index (χ2n) is 6.48. The third kappa shape index (κ3) is 3.97. The fourth-order valence-corrected chi connectivity index (χ4v) is 2.96. The third-order valence-corrected chi connectivity index (χ3v) is 4.43. The van der Waals surface area contributed by atoms with Gasteiger partial charge in [-0.05, 0) is 36.8 Å². The second kappa shape index (κ2) is 8.03. The third-order valence-electron chi connectivity index (χ3n) is 4.43. The molecule has 2 N–H and O–H groups in total. The Morgan fingerprint density at radius 2 is 1.93 bits per heavy atom. The average Bonchev–Trinajstić information content (AvgIpc) is 3.20. The zero-order valence-corrected chi connectivity index (χ0v) is 15.9. The Hall–Kier alpha value is -4.21. The number of rotatable bonds is 7. The highest BCUT2D eigenvalue weighted by Crippen LogP contribution is 2.34. The van der Waals surface area contributed by atoms with Gasteiger partial charge in [0.1, 0.15) is 6.33 Å². The van der Waals surface area contributed by atoms with Crippen LogP contribution in [-0.4, -0.2) is 27.5 Å². The number of Topliss-reactive ketones (excluding diaryl/α,β-unsaturated/α-hetero) is 1. The summed E-state index contributed by atoms with van der Waals surface area (Å²) in [6.07, 6.45) is 1.23. The largest absolute Gasteiger partial charge is 0.454 e. The molecule has 0 radical (unpaired) electrons. The molecule has 0 fully saturated rings. The van der Waals surface area contributed by atoms with Gasteiger partial charge >= 0.3 is 5.69 Å². The first kappa shape index (κ1) is 19.1. The standard InChI is InChI=1S/C20H17N5O5/c1-12(26)14-3-2-4-15(8-14)24-20-18(25(27)28)19(22-10-23-20)21-9-13-5-6-16-17(7-13)30-11-29-16/h2-8,10H,9,11H2,1H3,(H2,21,22,23,24). The number of nitrogens with zero attached hydrogens (tertiary/aromatic N) is 3. The van der Waals surface area contributed by atoms with E-state index >= 15 is 0 Å². The van der Waals surface area contributed by atoms with Crippen LogP contribution in [0.15, 0.2) is 48.8 Å². The minimum atomic E-state index is -0.556. The zero-order valence-electron chi connectivity index (χ0n) is 15.9. The first-order valence-corrected chi connectivity index (χ1v) is 9.01. The van der Waals surface area contributed by atoms with E-state index in [4.69, 9.17) is 9.47 Å². The van der Waals surface area contributed by atoms with E-state index in [1.54, 1.807) is 36.4 Å². The molecule has 10 nitrogen and oxygen atoms in total. The maximum atomic E-state index is 11.7. The highest BCUT2D eigenvalue weighted by Gasteiger charge is 2.23. The van der Waals surface area contributed by atoms with Crippen molar-refractivity contribution in [3.8, 4) is 11.5 Å². The van der Waals surface area contributed by atoms with Crippen molar-refractivity contribution in [2.45, 2.75) is 13.5 Å². The van der Waals surface area contributed by atoms with E-state index in [1.165, 1.54) is 13.3 Å². The van der Waals surface area contributed by atoms with Gasteiger partial charge in [0, 0.05) is 17.8 Å². The molecule has 0 spiro atoms. The number of ketones is 1. The SMILES string of the molecule is CC(=O)c1cccc(Nc2ncnc(NCc3ccc4c(c3)OCO4)c2[N+](=O)[O-])c1. The Labute approximate surface area is 171 Å². The van der Waals surface area contributed by atoms with Crippen molar-refractivity contribution in [2.75, 3.05) is 17.4 Å². The lowest BCUT2D eigenvalue weighted by molar-refractivity contribution is -0.383. The number of nitro groups is 1. The van der Waals surface area contributed by atoms with Gasteiger partial charge in [-0.15, -0.1) is 0 Å². The number of fused-ring (bicyclic) bond motifs is 1. The number of nitrogens with one attached hydrogen (secondary N) is 2. The van der Waals surface area contributed by atoms with Crippen LogP contribution in [0.25, 0.3) is 0 Å². The molecule has 30 heavy (non-hydrogen) atoms. The summed E-state index contributed by atoms with van der Waals surface area (Å²) < 4.78 is 10.6. The molecular formula is C20H17N5O5. The predicted molar refractivity (Wildman–Crippen MR) is 108 cm³/mol. The van der Waals surface area contributed by atoms with Crippen molar-refractivity contribution >= 4 is 28.8 Å². The summed E-state index contributed by atoms with van der Waals surface area (Å²) in [5.74, 6) is 1.26. The minimum absolute atomic E-state index is 0.0175. The van der Waals surface area contributed by atoms with Crippen molar-refractivity contribution in [1.82, 2.24) is 9.97 Å². The number of benzene rings is 2. The molecule has 1 aliphatic rings. The molecule has 0 saturated carbocycles. The average molecular weight is 407 g/mol. The van der Waals surface area contributed by atoms with E-state index in [2.05, 4.69) is 20.6 Å². The van der Waals surface area contributed by atoms with Crippen LogP contribution in [0.3, 0.4) is 0 Å². The van der Waals surface area contributed by atoms with E-state index in [1.807, 2.05) is 6.07 Å². The lowest BCUT2D eigenvalue weighted by Gasteiger charge is -2.11. The molecule has 2 heterocycles. The topological polar surface area (TPSA) is 129 Å². The number of aromatic nitrogens is 2. The van der Waals surface area contributed by atoms with Crippen LogP contribution in [0, 0.1) is 10.1 Å². The molecule has 0 amide bonds. The van der Waals surface area contributed by atoms with Crippen LogP contribution in [0.5, 0.6) is 11.5 Å². The molecule has 1 aromatic heterocycles. The maximum absolute atomic E-state index is 11.7. The van der Waals surface area contributed by atoms with E-state index < -0.39 is 4.92 Å². The Morgan fingerprint density at radius 3 is 2.73 bits per heavy atom. The Bertz CT molecular complexity index is 1130.